The average Bonchev–Trinajstić information content (AvgIpc) is 2.31. The standard InChI is InChI=1S/C10H11N5/c11-13-12-8-1-2-9-10(7-8)15-5-3-14(9)4-6-15/h1-2,7H,3-6H2. The molecule has 5 nitrogen and oxygen atoms in total. The molecule has 3 heterocycles. The predicted molar refractivity (Wildman–Crippen MR) is 59.7 cm³/mol. The molecule has 0 amide bonds. The molecule has 0 unspecified atom stereocenters. The van der Waals surface area contributed by atoms with E-state index in [1.165, 1.54) is 11.4 Å². The lowest BCUT2D eigenvalue weighted by Gasteiger charge is -2.45. The second-order valence-corrected chi connectivity index (χ2v) is 3.84. The van der Waals surface area contributed by atoms with Crippen LogP contribution >= 0.6 is 0 Å². The van der Waals surface area contributed by atoms with Gasteiger partial charge in [-0.1, -0.05) is 11.2 Å². The highest BCUT2D eigenvalue weighted by Gasteiger charge is 2.27. The molecule has 0 atom stereocenters. The summed E-state index contributed by atoms with van der Waals surface area (Å²) in [7, 11) is 0. The molecule has 2 bridgehead atoms. The number of fused-ring (bicyclic) bond motifs is 2. The van der Waals surface area contributed by atoms with Gasteiger partial charge in [-0.2, -0.15) is 0 Å². The molecule has 3 aliphatic rings. The Kier molecular flexibility index (Phi) is 1.73. The van der Waals surface area contributed by atoms with Crippen LogP contribution in [0.25, 0.3) is 10.4 Å². The maximum atomic E-state index is 8.39. The van der Waals surface area contributed by atoms with Crippen molar-refractivity contribution in [1.29, 1.82) is 0 Å². The zero-order valence-electron chi connectivity index (χ0n) is 8.30. The van der Waals surface area contributed by atoms with Crippen molar-refractivity contribution in [3.05, 3.63) is 28.6 Å². The fourth-order valence-corrected chi connectivity index (χ4v) is 2.33. The minimum Gasteiger partial charge on any atom is -0.366 e. The number of piperazine rings is 1. The van der Waals surface area contributed by atoms with Gasteiger partial charge in [0.1, 0.15) is 0 Å². The third kappa shape index (κ3) is 1.21. The summed E-state index contributed by atoms with van der Waals surface area (Å²) >= 11 is 0. The molecular weight excluding hydrogens is 190 g/mol. The van der Waals surface area contributed by atoms with E-state index in [1.54, 1.807) is 0 Å². The van der Waals surface area contributed by atoms with Crippen LogP contribution in [0.1, 0.15) is 0 Å². The van der Waals surface area contributed by atoms with Crippen LogP contribution in [0, 0.1) is 0 Å². The van der Waals surface area contributed by atoms with Crippen molar-refractivity contribution in [2.45, 2.75) is 0 Å². The lowest BCUT2D eigenvalue weighted by Crippen LogP contribution is -2.51. The number of hydrogen-bond donors (Lipinski definition) is 0. The first-order valence-corrected chi connectivity index (χ1v) is 5.07. The number of azide groups is 1. The molecule has 1 saturated heterocycles. The van der Waals surface area contributed by atoms with Crippen LogP contribution in [-0.4, -0.2) is 26.2 Å². The van der Waals surface area contributed by atoms with E-state index in [2.05, 4.69) is 19.8 Å². The fraction of sp³-hybridized carbons (Fsp3) is 0.400. The quantitative estimate of drug-likeness (QED) is 0.397. The summed E-state index contributed by atoms with van der Waals surface area (Å²) < 4.78 is 0. The maximum absolute atomic E-state index is 8.39. The smallest absolute Gasteiger partial charge is 0.0609 e. The third-order valence-corrected chi connectivity index (χ3v) is 3.08. The molecule has 1 aromatic rings. The Morgan fingerprint density at radius 1 is 1.07 bits per heavy atom. The molecule has 4 rings (SSSR count). The highest BCUT2D eigenvalue weighted by atomic mass is 15.3. The number of hydrogen-bond acceptors (Lipinski definition) is 3. The van der Waals surface area contributed by atoms with Crippen LogP contribution < -0.4 is 9.80 Å². The van der Waals surface area contributed by atoms with Gasteiger partial charge in [-0.05, 0) is 17.7 Å². The Morgan fingerprint density at radius 3 is 2.40 bits per heavy atom. The second kappa shape index (κ2) is 3.07. The molecule has 5 heteroatoms. The zero-order chi connectivity index (χ0) is 10.3. The molecule has 0 radical (unpaired) electrons. The van der Waals surface area contributed by atoms with E-state index in [1.807, 2.05) is 18.2 Å². The van der Waals surface area contributed by atoms with E-state index in [0.29, 0.717) is 5.69 Å². The number of benzene rings is 1. The van der Waals surface area contributed by atoms with E-state index in [4.69, 9.17) is 5.53 Å². The molecule has 3 aliphatic heterocycles. The van der Waals surface area contributed by atoms with E-state index in [-0.39, 0.29) is 0 Å². The van der Waals surface area contributed by atoms with Gasteiger partial charge in [-0.25, -0.2) is 0 Å². The lowest BCUT2D eigenvalue weighted by molar-refractivity contribution is 0.624. The number of anilines is 2. The van der Waals surface area contributed by atoms with Crippen molar-refractivity contribution < 1.29 is 0 Å². The molecule has 15 heavy (non-hydrogen) atoms. The summed E-state index contributed by atoms with van der Waals surface area (Å²) in [6, 6.07) is 5.89. The van der Waals surface area contributed by atoms with E-state index in [9.17, 15) is 0 Å². The molecule has 1 aromatic carbocycles. The summed E-state index contributed by atoms with van der Waals surface area (Å²) in [6.45, 7) is 4.36. The number of rotatable bonds is 1. The Labute approximate surface area is 87.5 Å². The van der Waals surface area contributed by atoms with Crippen molar-refractivity contribution >= 4 is 17.1 Å². The summed E-state index contributed by atoms with van der Waals surface area (Å²) in [5, 5.41) is 3.63. The van der Waals surface area contributed by atoms with Gasteiger partial charge in [-0.15, -0.1) is 0 Å². The third-order valence-electron chi connectivity index (χ3n) is 3.08. The zero-order valence-corrected chi connectivity index (χ0v) is 8.30. The summed E-state index contributed by atoms with van der Waals surface area (Å²) in [5.74, 6) is 0. The van der Waals surface area contributed by atoms with Crippen LogP contribution in [0.4, 0.5) is 17.1 Å². The molecule has 1 fully saturated rings. The summed E-state index contributed by atoms with van der Waals surface area (Å²) in [5.41, 5.74) is 11.6. The van der Waals surface area contributed by atoms with Crippen LogP contribution in [0.2, 0.25) is 0 Å². The summed E-state index contributed by atoms with van der Waals surface area (Å²) in [4.78, 5) is 7.55. The van der Waals surface area contributed by atoms with Crippen LogP contribution in [0.5, 0.6) is 0 Å². The highest BCUT2D eigenvalue weighted by Crippen LogP contribution is 2.38. The van der Waals surface area contributed by atoms with Crippen molar-refractivity contribution in [2.75, 3.05) is 36.0 Å². The summed E-state index contributed by atoms with van der Waals surface area (Å²) in [6.07, 6.45) is 0. The fourth-order valence-electron chi connectivity index (χ4n) is 2.33. The first kappa shape index (κ1) is 8.44. The maximum Gasteiger partial charge on any atom is 0.0609 e. The van der Waals surface area contributed by atoms with E-state index < -0.39 is 0 Å². The first-order chi connectivity index (χ1) is 7.38. The Hall–Kier alpha value is -1.87. The lowest BCUT2D eigenvalue weighted by atomic mass is 10.1. The topological polar surface area (TPSA) is 55.2 Å². The molecule has 0 aromatic heterocycles. The second-order valence-electron chi connectivity index (χ2n) is 3.84. The van der Waals surface area contributed by atoms with Gasteiger partial charge in [0.15, 0.2) is 0 Å². The molecule has 0 spiro atoms. The van der Waals surface area contributed by atoms with Crippen molar-refractivity contribution in [1.82, 2.24) is 0 Å². The van der Waals surface area contributed by atoms with Crippen molar-refractivity contribution in [2.24, 2.45) is 5.11 Å². The van der Waals surface area contributed by atoms with Crippen molar-refractivity contribution in [3.8, 4) is 0 Å². The Morgan fingerprint density at radius 2 is 1.73 bits per heavy atom. The Bertz CT molecular complexity index is 441. The molecule has 76 valence electrons. The van der Waals surface area contributed by atoms with Crippen molar-refractivity contribution in [3.63, 3.8) is 0 Å². The molecule has 0 aliphatic carbocycles. The van der Waals surface area contributed by atoms with Gasteiger partial charge in [0.05, 0.1) is 11.4 Å². The largest absolute Gasteiger partial charge is 0.366 e. The van der Waals surface area contributed by atoms with Gasteiger partial charge in [-0.3, -0.25) is 0 Å². The van der Waals surface area contributed by atoms with E-state index >= 15 is 0 Å². The normalized spacial score (nSPS) is 17.3. The van der Waals surface area contributed by atoms with Crippen LogP contribution in [0.3, 0.4) is 0 Å². The monoisotopic (exact) mass is 201 g/mol. The van der Waals surface area contributed by atoms with Gasteiger partial charge in [0.25, 0.3) is 0 Å². The minimum atomic E-state index is 0.699. The SMILES string of the molecule is [N-]=[N+]=Nc1ccc2c(c1)N1CCN2CC1. The van der Waals surface area contributed by atoms with Crippen LogP contribution in [-0.2, 0) is 0 Å². The molecule has 0 saturated carbocycles. The minimum absolute atomic E-state index is 0.699. The van der Waals surface area contributed by atoms with Gasteiger partial charge in [0.2, 0.25) is 0 Å². The first-order valence-electron chi connectivity index (χ1n) is 5.07. The molecular formula is C10H11N5. The van der Waals surface area contributed by atoms with Crippen LogP contribution in [0.15, 0.2) is 23.3 Å². The molecule has 0 N–H and O–H groups in total. The Balaban J connectivity index is 2.11. The van der Waals surface area contributed by atoms with Gasteiger partial charge < -0.3 is 9.80 Å². The number of nitrogens with zero attached hydrogens (tertiary/aromatic N) is 5. The van der Waals surface area contributed by atoms with Gasteiger partial charge in [0, 0.05) is 36.8 Å². The van der Waals surface area contributed by atoms with Gasteiger partial charge >= 0.3 is 0 Å². The highest BCUT2D eigenvalue weighted by molar-refractivity contribution is 5.78. The predicted octanol–water partition coefficient (Wildman–Crippen LogP) is 2.27. The van der Waals surface area contributed by atoms with E-state index in [0.717, 1.165) is 26.2 Å². The average molecular weight is 201 g/mol.